The van der Waals surface area contributed by atoms with Gasteiger partial charge < -0.3 is 12.4 Å². The summed E-state index contributed by atoms with van der Waals surface area (Å²) in [5, 5.41) is 8.29. The molecule has 6 rings (SSSR count). The first kappa shape index (κ1) is 35.8. The summed E-state index contributed by atoms with van der Waals surface area (Å²) in [5.41, 5.74) is 1.46. The second-order valence-corrected chi connectivity index (χ2v) is 17.5. The molecule has 8 heteroatoms. The van der Waals surface area contributed by atoms with Crippen LogP contribution in [0, 0.1) is 0 Å². The molecule has 240 valence electrons. The minimum absolute atomic E-state index is 0. The lowest BCUT2D eigenvalue weighted by atomic mass is 10.2. The van der Waals surface area contributed by atoms with Crippen LogP contribution in [-0.2, 0) is 0 Å². The molecule has 0 saturated carbocycles. The first-order valence-corrected chi connectivity index (χ1v) is 19.3. The van der Waals surface area contributed by atoms with Crippen LogP contribution in [0.5, 0.6) is 0 Å². The molecule has 48 heavy (non-hydrogen) atoms. The van der Waals surface area contributed by atoms with Gasteiger partial charge in [-0.3, -0.25) is 10.1 Å². The van der Waals surface area contributed by atoms with Crippen LogP contribution in [0.3, 0.4) is 0 Å². The van der Waals surface area contributed by atoms with Crippen molar-refractivity contribution in [2.24, 2.45) is 0 Å². The summed E-state index contributed by atoms with van der Waals surface area (Å²) in [6.45, 7) is 0. The number of halogens is 3. The minimum atomic E-state index is -2.66. The Kier molecular flexibility index (Phi) is 12.9. The summed E-state index contributed by atoms with van der Waals surface area (Å²) in [7, 11) is -2.66. The van der Waals surface area contributed by atoms with E-state index in [0.29, 0.717) is 15.6 Å². The van der Waals surface area contributed by atoms with Crippen molar-refractivity contribution in [1.29, 1.82) is 0 Å². The Hall–Kier alpha value is -3.47. The van der Waals surface area contributed by atoms with Gasteiger partial charge in [0.1, 0.15) is 15.9 Å². The molecular weight excluding hydrogens is 712 g/mol. The summed E-state index contributed by atoms with van der Waals surface area (Å²) in [5.74, 6) is -0.157. The predicted molar refractivity (Wildman–Crippen MR) is 206 cm³/mol. The Balaban J connectivity index is 0.00000451. The van der Waals surface area contributed by atoms with E-state index in [-0.39, 0.29) is 22.9 Å². The molecule has 0 aliphatic carbocycles. The normalized spacial score (nSPS) is 11.5. The van der Waals surface area contributed by atoms with E-state index >= 15 is 0 Å². The van der Waals surface area contributed by atoms with Crippen molar-refractivity contribution in [3.05, 3.63) is 197 Å². The van der Waals surface area contributed by atoms with Crippen LogP contribution < -0.4 is 33.6 Å². The van der Waals surface area contributed by atoms with E-state index < -0.39 is 7.26 Å². The maximum Gasteiger partial charge on any atom is 0.258 e. The molecule has 0 radical (unpaired) electrons. The fourth-order valence-corrected chi connectivity index (χ4v) is 12.4. The largest absolute Gasteiger partial charge is 1.00 e. The Morgan fingerprint density at radius 2 is 0.896 bits per heavy atom. The number of hydrogen-bond acceptors (Lipinski definition) is 3. The number of hydrogen-bond donors (Lipinski definition) is 1. The Morgan fingerprint density at radius 1 is 0.542 bits per heavy atom. The SMILES string of the molecule is O=C(NC(=CC(Sc1ccc(Cl)cc1)Sc1ccc(Cl)cc1)[P+](c1ccccc1)(c1ccccc1)c1ccccc1)c1ccccc1.[Cl-]. The molecule has 6 aromatic rings. The average molecular weight is 743 g/mol. The number of carbonyl (C=O) groups excluding carboxylic acids is 1. The van der Waals surface area contributed by atoms with Crippen molar-refractivity contribution >= 4 is 75.8 Å². The standard InChI is InChI=1S/C40H30Cl2NOPS2.ClH/c41-31-21-25-36(26-22-31)46-39(47-37-27-23-32(42)24-28-37)29-38(43-40(44)30-13-5-1-6-14-30)45(33-15-7-2-8-16-33,34-17-9-3-10-18-34)35-19-11-4-12-20-35;/h1-29,39H;1H. The van der Waals surface area contributed by atoms with E-state index in [1.54, 1.807) is 23.5 Å². The zero-order valence-electron chi connectivity index (χ0n) is 25.6. The summed E-state index contributed by atoms with van der Waals surface area (Å²) < 4.78 is -0.140. The fraction of sp³-hybridized carbons (Fsp3) is 0.0250. The summed E-state index contributed by atoms with van der Waals surface area (Å²) in [6.07, 6.45) is 2.25. The topological polar surface area (TPSA) is 29.1 Å². The Bertz CT molecular complexity index is 1780. The van der Waals surface area contributed by atoms with Crippen molar-refractivity contribution in [1.82, 2.24) is 5.32 Å². The molecule has 0 unspecified atom stereocenters. The summed E-state index contributed by atoms with van der Waals surface area (Å²) in [6, 6.07) is 56.9. The smallest absolute Gasteiger partial charge is 0.258 e. The zero-order chi connectivity index (χ0) is 32.5. The first-order chi connectivity index (χ1) is 23.0. The predicted octanol–water partition coefficient (Wildman–Crippen LogP) is 7.47. The van der Waals surface area contributed by atoms with Gasteiger partial charge in [-0.25, -0.2) is 0 Å². The molecule has 0 aliphatic heterocycles. The molecule has 0 bridgehead atoms. The highest BCUT2D eigenvalue weighted by atomic mass is 35.5. The van der Waals surface area contributed by atoms with Crippen LogP contribution in [0.25, 0.3) is 0 Å². The molecule has 0 fully saturated rings. The van der Waals surface area contributed by atoms with Crippen LogP contribution in [0.4, 0.5) is 0 Å². The van der Waals surface area contributed by atoms with Gasteiger partial charge in [0.15, 0.2) is 12.7 Å². The first-order valence-electron chi connectivity index (χ1n) is 15.0. The van der Waals surface area contributed by atoms with Crippen molar-refractivity contribution in [2.45, 2.75) is 14.4 Å². The number of thioether (sulfide) groups is 2. The molecular formula is C40H31Cl3NOPS2. The maximum atomic E-state index is 14.2. The van der Waals surface area contributed by atoms with Gasteiger partial charge in [-0.05, 0) is 97.1 Å². The van der Waals surface area contributed by atoms with Crippen LogP contribution in [0.15, 0.2) is 191 Å². The third-order valence-electron chi connectivity index (χ3n) is 7.50. The van der Waals surface area contributed by atoms with Gasteiger partial charge >= 0.3 is 0 Å². The third kappa shape index (κ3) is 8.57. The van der Waals surface area contributed by atoms with E-state index in [9.17, 15) is 4.79 Å². The molecule has 2 nitrogen and oxygen atoms in total. The highest BCUT2D eigenvalue weighted by Crippen LogP contribution is 2.62. The zero-order valence-corrected chi connectivity index (χ0v) is 30.4. The lowest BCUT2D eigenvalue weighted by Gasteiger charge is -2.30. The minimum Gasteiger partial charge on any atom is -1.00 e. The van der Waals surface area contributed by atoms with Crippen LogP contribution in [0.1, 0.15) is 10.4 Å². The molecule has 0 aromatic heterocycles. The van der Waals surface area contributed by atoms with Gasteiger partial charge in [0.05, 0.1) is 4.58 Å². The van der Waals surface area contributed by atoms with E-state index in [4.69, 9.17) is 23.2 Å². The van der Waals surface area contributed by atoms with Crippen LogP contribution in [-0.4, -0.2) is 10.5 Å². The van der Waals surface area contributed by atoms with Gasteiger partial charge in [0.2, 0.25) is 0 Å². The second-order valence-electron chi connectivity index (χ2n) is 10.6. The van der Waals surface area contributed by atoms with Crippen LogP contribution in [0.2, 0.25) is 10.0 Å². The molecule has 1 N–H and O–H groups in total. The highest BCUT2D eigenvalue weighted by Gasteiger charge is 2.51. The number of nitrogens with one attached hydrogen (secondary N) is 1. The Labute approximate surface area is 307 Å². The molecule has 1 amide bonds. The van der Waals surface area contributed by atoms with Crippen molar-refractivity contribution in [3.8, 4) is 0 Å². The van der Waals surface area contributed by atoms with Gasteiger partial charge in [-0.2, -0.15) is 0 Å². The van der Waals surface area contributed by atoms with E-state index in [1.807, 2.05) is 97.1 Å². The number of benzene rings is 6. The van der Waals surface area contributed by atoms with Crippen molar-refractivity contribution in [2.75, 3.05) is 0 Å². The second kappa shape index (κ2) is 17.3. The lowest BCUT2D eigenvalue weighted by molar-refractivity contribution is -0.0000170. The molecule has 0 heterocycles. The highest BCUT2D eigenvalue weighted by molar-refractivity contribution is 8.17. The van der Waals surface area contributed by atoms with Crippen LogP contribution >= 0.6 is 54.0 Å². The average Bonchev–Trinajstić information content (AvgIpc) is 3.12. The van der Waals surface area contributed by atoms with Gasteiger partial charge in [-0.15, -0.1) is 23.5 Å². The number of rotatable bonds is 11. The third-order valence-corrected chi connectivity index (χ3v) is 14.6. The van der Waals surface area contributed by atoms with Gasteiger partial charge in [0.25, 0.3) is 5.91 Å². The molecule has 0 aliphatic rings. The maximum absolute atomic E-state index is 14.2. The summed E-state index contributed by atoms with van der Waals surface area (Å²) in [4.78, 5) is 16.3. The van der Waals surface area contributed by atoms with Crippen molar-refractivity contribution in [3.63, 3.8) is 0 Å². The Morgan fingerprint density at radius 3 is 1.27 bits per heavy atom. The van der Waals surface area contributed by atoms with Gasteiger partial charge in [-0.1, -0.05) is 96.0 Å². The molecule has 0 saturated heterocycles. The van der Waals surface area contributed by atoms with Gasteiger partial charge in [0, 0.05) is 31.5 Å². The molecule has 0 spiro atoms. The number of amides is 1. The monoisotopic (exact) mass is 741 g/mol. The van der Waals surface area contributed by atoms with E-state index in [1.165, 1.54) is 0 Å². The quantitative estimate of drug-likeness (QED) is 0.0849. The lowest BCUT2D eigenvalue weighted by Crippen LogP contribution is -3.00. The molecule has 6 aromatic carbocycles. The van der Waals surface area contributed by atoms with Crippen molar-refractivity contribution < 1.29 is 17.2 Å². The fourth-order valence-electron chi connectivity index (χ4n) is 5.35. The van der Waals surface area contributed by atoms with E-state index in [0.717, 1.165) is 31.1 Å². The molecule has 0 atom stereocenters. The number of carbonyl (C=O) groups is 1. The van der Waals surface area contributed by atoms with E-state index in [2.05, 4.69) is 84.2 Å². The summed E-state index contributed by atoms with van der Waals surface area (Å²) >= 11 is 16.0.